The molecule has 0 fully saturated rings. The summed E-state index contributed by atoms with van der Waals surface area (Å²) in [6.07, 6.45) is 0.503. The van der Waals surface area contributed by atoms with Crippen molar-refractivity contribution in [1.29, 1.82) is 0 Å². The molecular weight excluding hydrogens is 268 g/mol. The Hall–Kier alpha value is -1.88. The maximum Gasteiger partial charge on any atom is 0.328 e. The van der Waals surface area contributed by atoms with E-state index in [2.05, 4.69) is 5.32 Å². The highest BCUT2D eigenvalue weighted by Gasteiger charge is 2.34. The van der Waals surface area contributed by atoms with Crippen LogP contribution < -0.4 is 11.1 Å². The molecule has 3 N–H and O–H groups in total. The number of carbonyl (C=O) groups excluding carboxylic acids is 2. The average Bonchev–Trinajstić information content (AvgIpc) is 2.46. The van der Waals surface area contributed by atoms with Gasteiger partial charge in [0.25, 0.3) is 0 Å². The fourth-order valence-corrected chi connectivity index (χ4v) is 2.05. The van der Waals surface area contributed by atoms with E-state index in [1.54, 1.807) is 19.1 Å². The number of ether oxygens (including phenoxy) is 1. The van der Waals surface area contributed by atoms with Crippen molar-refractivity contribution in [3.05, 3.63) is 35.9 Å². The zero-order chi connectivity index (χ0) is 16.0. The first kappa shape index (κ1) is 17.2. The maximum atomic E-state index is 12.4. The Bertz CT molecular complexity index is 484. The van der Waals surface area contributed by atoms with E-state index in [9.17, 15) is 9.59 Å². The number of benzene rings is 1. The Morgan fingerprint density at radius 2 is 1.86 bits per heavy atom. The minimum Gasteiger partial charge on any atom is -0.467 e. The minimum atomic E-state index is -1.20. The van der Waals surface area contributed by atoms with Gasteiger partial charge in [-0.3, -0.25) is 4.79 Å². The number of nitrogens with one attached hydrogen (secondary N) is 1. The van der Waals surface area contributed by atoms with Crippen LogP contribution in [-0.2, 0) is 19.9 Å². The van der Waals surface area contributed by atoms with Crippen molar-refractivity contribution in [2.75, 3.05) is 7.11 Å². The predicted molar refractivity (Wildman–Crippen MR) is 81.4 cm³/mol. The van der Waals surface area contributed by atoms with Gasteiger partial charge >= 0.3 is 5.97 Å². The first-order valence-corrected chi connectivity index (χ1v) is 7.02. The van der Waals surface area contributed by atoms with Gasteiger partial charge < -0.3 is 15.8 Å². The van der Waals surface area contributed by atoms with E-state index in [0.717, 1.165) is 0 Å². The molecule has 0 spiro atoms. The predicted octanol–water partition coefficient (Wildman–Crippen LogP) is 1.56. The SMILES string of the molecule is COC(=O)[C@H](CC(C)C)NC(=O)C(C)(N)c1ccccc1. The number of carbonyl (C=O) groups is 2. The molecule has 0 heterocycles. The second kappa shape index (κ2) is 7.22. The van der Waals surface area contributed by atoms with Gasteiger partial charge in [0, 0.05) is 0 Å². The third-order valence-electron chi connectivity index (χ3n) is 3.34. The molecule has 5 nitrogen and oxygen atoms in total. The van der Waals surface area contributed by atoms with Crippen LogP contribution in [0.3, 0.4) is 0 Å². The Labute approximate surface area is 125 Å². The van der Waals surface area contributed by atoms with E-state index >= 15 is 0 Å². The summed E-state index contributed by atoms with van der Waals surface area (Å²) in [5.74, 6) is -0.610. The van der Waals surface area contributed by atoms with E-state index in [1.807, 2.05) is 32.0 Å². The molecule has 0 radical (unpaired) electrons. The molecule has 0 saturated heterocycles. The van der Waals surface area contributed by atoms with Crippen LogP contribution in [0.25, 0.3) is 0 Å². The lowest BCUT2D eigenvalue weighted by Crippen LogP contribution is -2.54. The Kier molecular flexibility index (Phi) is 5.90. The van der Waals surface area contributed by atoms with Crippen LogP contribution in [0.1, 0.15) is 32.8 Å². The largest absolute Gasteiger partial charge is 0.467 e. The molecule has 116 valence electrons. The van der Waals surface area contributed by atoms with Gasteiger partial charge in [0.1, 0.15) is 11.6 Å². The Morgan fingerprint density at radius 1 is 1.29 bits per heavy atom. The lowest BCUT2D eigenvalue weighted by molar-refractivity contribution is -0.146. The van der Waals surface area contributed by atoms with E-state index in [0.29, 0.717) is 12.0 Å². The van der Waals surface area contributed by atoms with Crippen LogP contribution in [0.15, 0.2) is 30.3 Å². The van der Waals surface area contributed by atoms with Crippen molar-refractivity contribution >= 4 is 11.9 Å². The Morgan fingerprint density at radius 3 is 2.33 bits per heavy atom. The van der Waals surface area contributed by atoms with Crippen LogP contribution >= 0.6 is 0 Å². The van der Waals surface area contributed by atoms with Gasteiger partial charge in [0.2, 0.25) is 5.91 Å². The van der Waals surface area contributed by atoms with Crippen molar-refractivity contribution in [3.8, 4) is 0 Å². The third kappa shape index (κ3) is 4.56. The summed E-state index contributed by atoms with van der Waals surface area (Å²) in [7, 11) is 1.31. The van der Waals surface area contributed by atoms with Crippen LogP contribution in [0.2, 0.25) is 0 Å². The van der Waals surface area contributed by atoms with E-state index < -0.39 is 23.5 Å². The van der Waals surface area contributed by atoms with Crippen molar-refractivity contribution in [2.45, 2.75) is 38.8 Å². The van der Waals surface area contributed by atoms with E-state index in [4.69, 9.17) is 10.5 Å². The summed E-state index contributed by atoms with van der Waals surface area (Å²) in [5, 5.41) is 2.70. The van der Waals surface area contributed by atoms with Gasteiger partial charge in [-0.15, -0.1) is 0 Å². The molecule has 1 rings (SSSR count). The summed E-state index contributed by atoms with van der Waals surface area (Å²) >= 11 is 0. The molecule has 0 aliphatic heterocycles. The number of methoxy groups -OCH3 is 1. The molecule has 2 atom stereocenters. The fraction of sp³-hybridized carbons (Fsp3) is 0.500. The monoisotopic (exact) mass is 292 g/mol. The number of hydrogen-bond donors (Lipinski definition) is 2. The van der Waals surface area contributed by atoms with Gasteiger partial charge in [0.15, 0.2) is 0 Å². The lowest BCUT2D eigenvalue weighted by atomic mass is 9.91. The Balaban J connectivity index is 2.88. The number of amides is 1. The van der Waals surface area contributed by atoms with Gasteiger partial charge in [-0.25, -0.2) is 4.79 Å². The molecule has 0 saturated carbocycles. The molecule has 0 aliphatic rings. The molecular formula is C16H24N2O3. The van der Waals surface area contributed by atoms with Crippen LogP contribution in [-0.4, -0.2) is 25.0 Å². The second-order valence-corrected chi connectivity index (χ2v) is 5.75. The second-order valence-electron chi connectivity index (χ2n) is 5.75. The quantitative estimate of drug-likeness (QED) is 0.780. The molecule has 1 aromatic carbocycles. The molecule has 1 amide bonds. The van der Waals surface area contributed by atoms with Crippen molar-refractivity contribution in [3.63, 3.8) is 0 Å². The normalized spacial score (nSPS) is 15.1. The highest BCUT2D eigenvalue weighted by molar-refractivity contribution is 5.90. The summed E-state index contributed by atoms with van der Waals surface area (Å²) < 4.78 is 4.74. The van der Waals surface area contributed by atoms with Gasteiger partial charge in [-0.1, -0.05) is 44.2 Å². The molecule has 0 aliphatic carbocycles. The highest BCUT2D eigenvalue weighted by Crippen LogP contribution is 2.18. The molecule has 1 unspecified atom stereocenters. The number of rotatable bonds is 6. The first-order chi connectivity index (χ1) is 9.78. The molecule has 1 aromatic rings. The number of nitrogens with two attached hydrogens (primary N) is 1. The van der Waals surface area contributed by atoms with E-state index in [1.165, 1.54) is 7.11 Å². The molecule has 0 bridgehead atoms. The lowest BCUT2D eigenvalue weighted by Gasteiger charge is -2.27. The fourth-order valence-electron chi connectivity index (χ4n) is 2.05. The smallest absolute Gasteiger partial charge is 0.328 e. The van der Waals surface area contributed by atoms with E-state index in [-0.39, 0.29) is 5.92 Å². The number of esters is 1. The van der Waals surface area contributed by atoms with Crippen molar-refractivity contribution < 1.29 is 14.3 Å². The zero-order valence-corrected chi connectivity index (χ0v) is 13.1. The van der Waals surface area contributed by atoms with Crippen LogP contribution in [0.5, 0.6) is 0 Å². The summed E-state index contributed by atoms with van der Waals surface area (Å²) in [6, 6.07) is 8.38. The molecule has 5 heteroatoms. The van der Waals surface area contributed by atoms with Gasteiger partial charge in [0.05, 0.1) is 7.11 Å². The summed E-state index contributed by atoms with van der Waals surface area (Å²) in [4.78, 5) is 24.2. The van der Waals surface area contributed by atoms with Gasteiger partial charge in [-0.05, 0) is 24.8 Å². The van der Waals surface area contributed by atoms with Crippen molar-refractivity contribution in [2.24, 2.45) is 11.7 Å². The van der Waals surface area contributed by atoms with Gasteiger partial charge in [-0.2, -0.15) is 0 Å². The van der Waals surface area contributed by atoms with Crippen LogP contribution in [0, 0.1) is 5.92 Å². The number of hydrogen-bond acceptors (Lipinski definition) is 4. The summed E-state index contributed by atoms with van der Waals surface area (Å²) in [5.41, 5.74) is 5.62. The van der Waals surface area contributed by atoms with Crippen molar-refractivity contribution in [1.82, 2.24) is 5.32 Å². The topological polar surface area (TPSA) is 81.4 Å². The molecule has 0 aromatic heterocycles. The zero-order valence-electron chi connectivity index (χ0n) is 13.1. The highest BCUT2D eigenvalue weighted by atomic mass is 16.5. The standard InChI is InChI=1S/C16H24N2O3/c1-11(2)10-13(14(19)21-4)18-15(20)16(3,17)12-8-6-5-7-9-12/h5-9,11,13H,10,17H2,1-4H3,(H,18,20)/t13-,16?/m0/s1. The summed E-state index contributed by atoms with van der Waals surface area (Å²) in [6.45, 7) is 5.57. The molecule has 21 heavy (non-hydrogen) atoms. The minimum absolute atomic E-state index is 0.246. The maximum absolute atomic E-state index is 12.4. The third-order valence-corrected chi connectivity index (χ3v) is 3.34. The van der Waals surface area contributed by atoms with Crippen LogP contribution in [0.4, 0.5) is 0 Å². The average molecular weight is 292 g/mol. The first-order valence-electron chi connectivity index (χ1n) is 7.02.